The number of nitro groups is 1. The Morgan fingerprint density at radius 3 is 2.68 bits per heavy atom. The third kappa shape index (κ3) is 3.13. The maximum atomic E-state index is 12.4. The molecule has 1 atom stereocenters. The first-order chi connectivity index (χ1) is 10.3. The summed E-state index contributed by atoms with van der Waals surface area (Å²) < 4.78 is 2.99. The number of aryl methyl sites for hydroxylation is 2. The maximum absolute atomic E-state index is 12.4. The molecule has 9 heteroatoms. The molecule has 1 amide bonds. The number of amides is 1. The van der Waals surface area contributed by atoms with Crippen molar-refractivity contribution in [2.45, 2.75) is 26.4 Å². The molecule has 1 unspecified atom stereocenters. The van der Waals surface area contributed by atoms with E-state index >= 15 is 0 Å². The van der Waals surface area contributed by atoms with Gasteiger partial charge in [-0.25, -0.2) is 0 Å². The van der Waals surface area contributed by atoms with Gasteiger partial charge in [0.25, 0.3) is 0 Å². The van der Waals surface area contributed by atoms with Crippen molar-refractivity contribution in [1.29, 1.82) is 0 Å². The summed E-state index contributed by atoms with van der Waals surface area (Å²) in [5.41, 5.74) is 0.970. The minimum Gasteiger partial charge on any atom is -0.338 e. The van der Waals surface area contributed by atoms with E-state index in [1.807, 2.05) is 6.07 Å². The predicted octanol–water partition coefficient (Wildman–Crippen LogP) is 1.05. The fourth-order valence-corrected chi connectivity index (χ4v) is 2.15. The van der Waals surface area contributed by atoms with Gasteiger partial charge in [-0.15, -0.1) is 0 Å². The van der Waals surface area contributed by atoms with Crippen LogP contribution in [0.4, 0.5) is 5.69 Å². The van der Waals surface area contributed by atoms with Crippen molar-refractivity contribution in [1.82, 2.24) is 24.5 Å². The van der Waals surface area contributed by atoms with Gasteiger partial charge in [-0.1, -0.05) is 0 Å². The Bertz CT molecular complexity index is 704. The third-order valence-corrected chi connectivity index (χ3v) is 3.39. The van der Waals surface area contributed by atoms with Gasteiger partial charge >= 0.3 is 5.69 Å². The quantitative estimate of drug-likeness (QED) is 0.607. The minimum absolute atomic E-state index is 0.0907. The largest absolute Gasteiger partial charge is 0.338 e. The second kappa shape index (κ2) is 5.96. The zero-order chi connectivity index (χ0) is 16.4. The van der Waals surface area contributed by atoms with Crippen LogP contribution in [0.5, 0.6) is 0 Å². The lowest BCUT2D eigenvalue weighted by molar-refractivity contribution is -0.385. The molecule has 0 aliphatic heterocycles. The van der Waals surface area contributed by atoms with Crippen molar-refractivity contribution in [2.75, 3.05) is 7.05 Å². The van der Waals surface area contributed by atoms with E-state index in [-0.39, 0.29) is 17.3 Å². The number of aromatic nitrogens is 4. The molecule has 22 heavy (non-hydrogen) atoms. The average molecular weight is 306 g/mol. The van der Waals surface area contributed by atoms with E-state index < -0.39 is 11.0 Å². The molecule has 0 saturated carbocycles. The number of carbonyl (C=O) groups is 1. The molecule has 0 radical (unpaired) electrons. The molecule has 118 valence electrons. The molecule has 0 bridgehead atoms. The molecule has 9 nitrogen and oxygen atoms in total. The highest BCUT2D eigenvalue weighted by Crippen LogP contribution is 2.19. The summed E-state index contributed by atoms with van der Waals surface area (Å²) in [6, 6.07) is 1.21. The Morgan fingerprint density at radius 1 is 1.50 bits per heavy atom. The lowest BCUT2D eigenvalue weighted by Gasteiger charge is -2.20. The first-order valence-corrected chi connectivity index (χ1v) is 6.73. The molecule has 0 saturated heterocycles. The summed E-state index contributed by atoms with van der Waals surface area (Å²) in [6.07, 6.45) is 3.09. The van der Waals surface area contributed by atoms with Crippen LogP contribution < -0.4 is 0 Å². The summed E-state index contributed by atoms with van der Waals surface area (Å²) in [6.45, 7) is 3.57. The summed E-state index contributed by atoms with van der Waals surface area (Å²) in [4.78, 5) is 24.3. The highest BCUT2D eigenvalue weighted by atomic mass is 16.6. The molecule has 2 heterocycles. The Morgan fingerprint density at radius 2 is 2.18 bits per heavy atom. The molecule has 2 aromatic heterocycles. The first kappa shape index (κ1) is 15.7. The number of carbonyl (C=O) groups excluding carboxylic acids is 1. The lowest BCUT2D eigenvalue weighted by atomic mass is 10.3. The van der Waals surface area contributed by atoms with Gasteiger partial charge in [-0.05, 0) is 19.9 Å². The van der Waals surface area contributed by atoms with E-state index in [9.17, 15) is 14.9 Å². The molecule has 2 aromatic rings. The predicted molar refractivity (Wildman–Crippen MR) is 78.0 cm³/mol. The van der Waals surface area contributed by atoms with E-state index in [2.05, 4.69) is 10.2 Å². The van der Waals surface area contributed by atoms with Crippen molar-refractivity contribution in [3.05, 3.63) is 40.0 Å². The van der Waals surface area contributed by atoms with Crippen LogP contribution in [-0.2, 0) is 18.4 Å². The van der Waals surface area contributed by atoms with Gasteiger partial charge < -0.3 is 4.90 Å². The SMILES string of the molecule is Cc1nn(C(C)C(=O)N(C)Cc2ccn(C)n2)cc1[N+](=O)[O-]. The van der Waals surface area contributed by atoms with Crippen LogP contribution in [0.15, 0.2) is 18.5 Å². The standard InChI is InChI=1S/C13H18N6O3/c1-9-12(19(21)22)8-18(14-9)10(2)13(20)16(3)7-11-5-6-17(4)15-11/h5-6,8,10H,7H2,1-4H3. The van der Waals surface area contributed by atoms with Crippen molar-refractivity contribution < 1.29 is 9.72 Å². The van der Waals surface area contributed by atoms with Crippen molar-refractivity contribution in [3.8, 4) is 0 Å². The fraction of sp³-hybridized carbons (Fsp3) is 0.462. The van der Waals surface area contributed by atoms with Crippen molar-refractivity contribution in [2.24, 2.45) is 7.05 Å². The molecule has 0 aliphatic rings. The lowest BCUT2D eigenvalue weighted by Crippen LogP contribution is -2.33. The van der Waals surface area contributed by atoms with Gasteiger partial charge in [-0.3, -0.25) is 24.3 Å². The first-order valence-electron chi connectivity index (χ1n) is 6.73. The molecule has 0 aliphatic carbocycles. The van der Waals surface area contributed by atoms with Crippen LogP contribution in [0, 0.1) is 17.0 Å². The van der Waals surface area contributed by atoms with Crippen molar-refractivity contribution in [3.63, 3.8) is 0 Å². The smallest absolute Gasteiger partial charge is 0.309 e. The van der Waals surface area contributed by atoms with Crippen LogP contribution >= 0.6 is 0 Å². The minimum atomic E-state index is -0.624. The molecule has 0 spiro atoms. The van der Waals surface area contributed by atoms with E-state index in [1.165, 1.54) is 15.8 Å². The molecule has 0 fully saturated rings. The number of hydrogen-bond acceptors (Lipinski definition) is 5. The van der Waals surface area contributed by atoms with Gasteiger partial charge in [0, 0.05) is 20.3 Å². The highest BCUT2D eigenvalue weighted by Gasteiger charge is 2.24. The Kier molecular flexibility index (Phi) is 4.25. The zero-order valence-corrected chi connectivity index (χ0v) is 12.9. The number of likely N-dealkylation sites (N-methyl/N-ethyl adjacent to an activating group) is 1. The zero-order valence-electron chi connectivity index (χ0n) is 12.9. The van der Waals surface area contributed by atoms with Gasteiger partial charge in [0.05, 0.1) is 17.2 Å². The van der Waals surface area contributed by atoms with Crippen LogP contribution in [0.25, 0.3) is 0 Å². The van der Waals surface area contributed by atoms with Gasteiger partial charge in [0.1, 0.15) is 17.9 Å². The second-order valence-corrected chi connectivity index (χ2v) is 5.19. The van der Waals surface area contributed by atoms with E-state index in [4.69, 9.17) is 0 Å². The average Bonchev–Trinajstić information content (AvgIpc) is 3.03. The number of hydrogen-bond donors (Lipinski definition) is 0. The summed E-state index contributed by atoms with van der Waals surface area (Å²) in [7, 11) is 3.47. The van der Waals surface area contributed by atoms with Gasteiger partial charge in [-0.2, -0.15) is 10.2 Å². The van der Waals surface area contributed by atoms with Crippen molar-refractivity contribution >= 4 is 11.6 Å². The molecule has 0 aromatic carbocycles. The molecular weight excluding hydrogens is 288 g/mol. The summed E-state index contributed by atoms with van der Waals surface area (Å²) in [5.74, 6) is -0.192. The summed E-state index contributed by atoms with van der Waals surface area (Å²) in [5, 5.41) is 19.1. The number of nitrogens with zero attached hydrogens (tertiary/aromatic N) is 6. The van der Waals surface area contributed by atoms with Crippen LogP contribution in [-0.4, -0.2) is 42.3 Å². The molecule has 0 N–H and O–H groups in total. The highest BCUT2D eigenvalue weighted by molar-refractivity contribution is 5.79. The Labute approximate surface area is 127 Å². The Hall–Kier alpha value is -2.71. The van der Waals surface area contributed by atoms with E-state index in [0.717, 1.165) is 5.69 Å². The van der Waals surface area contributed by atoms with Gasteiger partial charge in [0.15, 0.2) is 0 Å². The van der Waals surface area contributed by atoms with Gasteiger partial charge in [0.2, 0.25) is 5.91 Å². The van der Waals surface area contributed by atoms with Crippen LogP contribution in [0.1, 0.15) is 24.4 Å². The van der Waals surface area contributed by atoms with E-state index in [0.29, 0.717) is 6.54 Å². The monoisotopic (exact) mass is 306 g/mol. The van der Waals surface area contributed by atoms with Crippen LogP contribution in [0.2, 0.25) is 0 Å². The molecule has 2 rings (SSSR count). The summed E-state index contributed by atoms with van der Waals surface area (Å²) >= 11 is 0. The van der Waals surface area contributed by atoms with Crippen LogP contribution in [0.3, 0.4) is 0 Å². The fourth-order valence-electron chi connectivity index (χ4n) is 2.15. The topological polar surface area (TPSA) is 99.1 Å². The second-order valence-electron chi connectivity index (χ2n) is 5.19. The number of rotatable bonds is 5. The maximum Gasteiger partial charge on any atom is 0.309 e. The Balaban J connectivity index is 2.11. The third-order valence-electron chi connectivity index (χ3n) is 3.39. The molecular formula is C13H18N6O3. The normalized spacial score (nSPS) is 12.2. The van der Waals surface area contributed by atoms with E-state index in [1.54, 1.807) is 38.8 Å².